The molecule has 0 atom stereocenters. The highest BCUT2D eigenvalue weighted by Crippen LogP contribution is 2.27. The maximum atomic E-state index is 13.8. The number of aromatic nitrogens is 2. The van der Waals surface area contributed by atoms with E-state index in [2.05, 4.69) is 10.4 Å². The summed E-state index contributed by atoms with van der Waals surface area (Å²) in [5.74, 6) is -0.652. The zero-order valence-corrected chi connectivity index (χ0v) is 12.7. The van der Waals surface area contributed by atoms with Crippen molar-refractivity contribution in [3.8, 4) is 0 Å². The number of halogens is 1. The summed E-state index contributed by atoms with van der Waals surface area (Å²) in [7, 11) is 0. The van der Waals surface area contributed by atoms with E-state index in [9.17, 15) is 14.5 Å². The molecule has 1 aromatic heterocycles. The van der Waals surface area contributed by atoms with E-state index < -0.39 is 10.7 Å². The quantitative estimate of drug-likeness (QED) is 0.555. The van der Waals surface area contributed by atoms with Crippen LogP contribution in [0.15, 0.2) is 60.9 Å². The van der Waals surface area contributed by atoms with Gasteiger partial charge in [0.1, 0.15) is 5.69 Å². The lowest BCUT2D eigenvalue weighted by Gasteiger charge is -2.06. The fourth-order valence-electron chi connectivity index (χ4n) is 2.38. The molecular formula is C17H15FN4O2. The van der Waals surface area contributed by atoms with Crippen molar-refractivity contribution in [1.82, 2.24) is 9.78 Å². The molecule has 0 saturated carbocycles. The predicted molar refractivity (Wildman–Crippen MR) is 88.2 cm³/mol. The Kier molecular flexibility index (Phi) is 4.51. The predicted octanol–water partition coefficient (Wildman–Crippen LogP) is 3.59. The van der Waals surface area contributed by atoms with Crippen LogP contribution in [-0.2, 0) is 13.1 Å². The molecule has 3 rings (SSSR count). The molecule has 24 heavy (non-hydrogen) atoms. The van der Waals surface area contributed by atoms with Gasteiger partial charge in [0.25, 0.3) is 5.69 Å². The van der Waals surface area contributed by atoms with E-state index in [0.29, 0.717) is 6.54 Å². The number of rotatable bonds is 6. The molecule has 3 aromatic rings. The Balaban J connectivity index is 1.69. The molecular weight excluding hydrogens is 311 g/mol. The fraction of sp³-hybridized carbons (Fsp3) is 0.118. The molecule has 0 bridgehead atoms. The van der Waals surface area contributed by atoms with Crippen molar-refractivity contribution in [3.05, 3.63) is 88.0 Å². The van der Waals surface area contributed by atoms with Crippen molar-refractivity contribution in [2.75, 3.05) is 5.32 Å². The van der Waals surface area contributed by atoms with Crippen molar-refractivity contribution in [3.63, 3.8) is 0 Å². The SMILES string of the molecule is O=[N+]([O-])c1cccc(F)c1NCc1cnn(Cc2ccccc2)c1. The second-order valence-corrected chi connectivity index (χ2v) is 5.28. The molecule has 122 valence electrons. The third kappa shape index (κ3) is 3.57. The van der Waals surface area contributed by atoms with E-state index in [0.717, 1.165) is 11.1 Å². The van der Waals surface area contributed by atoms with Crippen molar-refractivity contribution < 1.29 is 9.31 Å². The number of nitro groups is 1. The zero-order chi connectivity index (χ0) is 16.9. The van der Waals surface area contributed by atoms with Crippen LogP contribution in [-0.4, -0.2) is 14.7 Å². The molecule has 0 unspecified atom stereocenters. The summed E-state index contributed by atoms with van der Waals surface area (Å²) in [6.45, 7) is 0.872. The maximum absolute atomic E-state index is 13.8. The van der Waals surface area contributed by atoms with Gasteiger partial charge in [-0.3, -0.25) is 14.8 Å². The molecule has 0 saturated heterocycles. The van der Waals surface area contributed by atoms with Gasteiger partial charge in [0.05, 0.1) is 17.7 Å². The fourth-order valence-corrected chi connectivity index (χ4v) is 2.38. The Morgan fingerprint density at radius 1 is 1.12 bits per heavy atom. The second kappa shape index (κ2) is 6.91. The summed E-state index contributed by atoms with van der Waals surface area (Å²) in [5, 5.41) is 18.0. The highest BCUT2D eigenvalue weighted by molar-refractivity contribution is 5.62. The summed E-state index contributed by atoms with van der Waals surface area (Å²) in [4.78, 5) is 10.4. The van der Waals surface area contributed by atoms with Gasteiger partial charge < -0.3 is 5.32 Å². The van der Waals surface area contributed by atoms with Gasteiger partial charge in [0.2, 0.25) is 0 Å². The Labute approximate surface area is 137 Å². The van der Waals surface area contributed by atoms with Gasteiger partial charge in [0, 0.05) is 24.4 Å². The third-order valence-electron chi connectivity index (χ3n) is 3.53. The number of para-hydroxylation sites is 1. The monoisotopic (exact) mass is 326 g/mol. The highest BCUT2D eigenvalue weighted by atomic mass is 19.1. The molecule has 0 amide bonds. The van der Waals surface area contributed by atoms with Crippen LogP contribution in [0.25, 0.3) is 0 Å². The Morgan fingerprint density at radius 2 is 1.92 bits per heavy atom. The van der Waals surface area contributed by atoms with Gasteiger partial charge >= 0.3 is 0 Å². The van der Waals surface area contributed by atoms with Gasteiger partial charge in [-0.1, -0.05) is 36.4 Å². The minimum absolute atomic E-state index is 0.113. The van der Waals surface area contributed by atoms with Crippen LogP contribution in [0.2, 0.25) is 0 Å². The Hall–Kier alpha value is -3.22. The molecule has 7 heteroatoms. The van der Waals surface area contributed by atoms with Gasteiger partial charge in [0.15, 0.2) is 5.82 Å². The zero-order valence-electron chi connectivity index (χ0n) is 12.7. The van der Waals surface area contributed by atoms with Crippen molar-refractivity contribution in [2.45, 2.75) is 13.1 Å². The number of hydrogen-bond donors (Lipinski definition) is 1. The first-order chi connectivity index (χ1) is 11.6. The number of nitrogens with zero attached hydrogens (tertiary/aromatic N) is 3. The van der Waals surface area contributed by atoms with E-state index >= 15 is 0 Å². The number of nitro benzene ring substituents is 1. The van der Waals surface area contributed by atoms with E-state index in [1.54, 1.807) is 10.9 Å². The molecule has 2 aromatic carbocycles. The van der Waals surface area contributed by atoms with Gasteiger partial charge in [-0.2, -0.15) is 5.10 Å². The van der Waals surface area contributed by atoms with Crippen molar-refractivity contribution >= 4 is 11.4 Å². The van der Waals surface area contributed by atoms with Crippen LogP contribution in [0.3, 0.4) is 0 Å². The number of anilines is 1. The van der Waals surface area contributed by atoms with Crippen molar-refractivity contribution in [2.24, 2.45) is 0 Å². The molecule has 0 aliphatic rings. The first-order valence-corrected chi connectivity index (χ1v) is 7.35. The minimum atomic E-state index is -0.652. The Morgan fingerprint density at radius 3 is 2.67 bits per heavy atom. The van der Waals surface area contributed by atoms with E-state index in [1.807, 2.05) is 36.5 Å². The minimum Gasteiger partial charge on any atom is -0.373 e. The van der Waals surface area contributed by atoms with Crippen LogP contribution in [0.4, 0.5) is 15.8 Å². The van der Waals surface area contributed by atoms with Gasteiger partial charge in [-0.15, -0.1) is 0 Å². The van der Waals surface area contributed by atoms with Crippen LogP contribution in [0, 0.1) is 15.9 Å². The van der Waals surface area contributed by atoms with Crippen LogP contribution in [0.5, 0.6) is 0 Å². The van der Waals surface area contributed by atoms with Gasteiger partial charge in [-0.25, -0.2) is 4.39 Å². The van der Waals surface area contributed by atoms with E-state index in [-0.39, 0.29) is 17.9 Å². The van der Waals surface area contributed by atoms with E-state index in [1.165, 1.54) is 18.2 Å². The van der Waals surface area contributed by atoms with Gasteiger partial charge in [-0.05, 0) is 11.6 Å². The molecule has 0 fully saturated rings. The summed E-state index contributed by atoms with van der Waals surface area (Å²) < 4.78 is 15.6. The third-order valence-corrected chi connectivity index (χ3v) is 3.53. The first kappa shape index (κ1) is 15.7. The highest BCUT2D eigenvalue weighted by Gasteiger charge is 2.17. The summed E-state index contributed by atoms with van der Waals surface area (Å²) in [5.41, 5.74) is 1.53. The average molecular weight is 326 g/mol. The summed E-state index contributed by atoms with van der Waals surface area (Å²) >= 11 is 0. The molecule has 0 aliphatic heterocycles. The number of hydrogen-bond acceptors (Lipinski definition) is 4. The molecule has 6 nitrogen and oxygen atoms in total. The lowest BCUT2D eigenvalue weighted by molar-refractivity contribution is -0.384. The largest absolute Gasteiger partial charge is 0.373 e. The van der Waals surface area contributed by atoms with Crippen LogP contribution >= 0.6 is 0 Å². The first-order valence-electron chi connectivity index (χ1n) is 7.35. The lowest BCUT2D eigenvalue weighted by atomic mass is 10.2. The summed E-state index contributed by atoms with van der Waals surface area (Å²) in [6.07, 6.45) is 3.48. The van der Waals surface area contributed by atoms with Crippen LogP contribution in [0.1, 0.15) is 11.1 Å². The second-order valence-electron chi connectivity index (χ2n) is 5.28. The Bertz CT molecular complexity index is 849. The average Bonchev–Trinajstić information content (AvgIpc) is 3.01. The standard InChI is InChI=1S/C17H15FN4O2/c18-15-7-4-8-16(22(23)24)17(15)19-9-14-10-20-21(12-14)11-13-5-2-1-3-6-13/h1-8,10,12,19H,9,11H2. The van der Waals surface area contributed by atoms with Crippen LogP contribution < -0.4 is 5.32 Å². The topological polar surface area (TPSA) is 73.0 Å². The molecule has 1 heterocycles. The van der Waals surface area contributed by atoms with Crippen molar-refractivity contribution in [1.29, 1.82) is 0 Å². The summed E-state index contributed by atoms with van der Waals surface area (Å²) in [6, 6.07) is 13.6. The number of nitrogens with one attached hydrogen (secondary N) is 1. The number of benzene rings is 2. The molecule has 0 spiro atoms. The molecule has 1 N–H and O–H groups in total. The van der Waals surface area contributed by atoms with E-state index in [4.69, 9.17) is 0 Å². The molecule has 0 aliphatic carbocycles. The normalized spacial score (nSPS) is 10.5. The smallest absolute Gasteiger partial charge is 0.295 e. The molecule has 0 radical (unpaired) electrons. The lowest BCUT2D eigenvalue weighted by Crippen LogP contribution is -2.04. The maximum Gasteiger partial charge on any atom is 0.295 e.